The van der Waals surface area contributed by atoms with Crippen molar-refractivity contribution < 1.29 is 4.79 Å². The van der Waals surface area contributed by atoms with Gasteiger partial charge in [-0.2, -0.15) is 0 Å². The van der Waals surface area contributed by atoms with Gasteiger partial charge in [0.05, 0.1) is 6.20 Å². The molecule has 7 heteroatoms. The van der Waals surface area contributed by atoms with Crippen molar-refractivity contribution in [2.75, 3.05) is 20.1 Å². The molecule has 3 rings (SSSR count). The molecule has 1 saturated heterocycles. The number of aromatic nitrogens is 1. The van der Waals surface area contributed by atoms with E-state index >= 15 is 0 Å². The highest BCUT2D eigenvalue weighted by molar-refractivity contribution is 7.16. The Morgan fingerprint density at radius 1 is 1.35 bits per heavy atom. The van der Waals surface area contributed by atoms with Gasteiger partial charge in [-0.25, -0.2) is 4.98 Å². The smallest absolute Gasteiger partial charge is 0.265 e. The van der Waals surface area contributed by atoms with E-state index in [0.717, 1.165) is 41.4 Å². The van der Waals surface area contributed by atoms with Crippen LogP contribution in [-0.2, 0) is 0 Å². The van der Waals surface area contributed by atoms with E-state index < -0.39 is 0 Å². The summed E-state index contributed by atoms with van der Waals surface area (Å²) < 4.78 is 0. The normalized spacial score (nSPS) is 16.6. The minimum Gasteiger partial charge on any atom is -0.334 e. The van der Waals surface area contributed by atoms with E-state index in [-0.39, 0.29) is 30.7 Å². The van der Waals surface area contributed by atoms with Crippen molar-refractivity contribution in [3.63, 3.8) is 0 Å². The summed E-state index contributed by atoms with van der Waals surface area (Å²) in [6, 6.07) is 10.3. The number of rotatable bonds is 4. The molecule has 0 bridgehead atoms. The molecule has 1 atom stereocenters. The summed E-state index contributed by atoms with van der Waals surface area (Å²) in [5.74, 6) is 0.118. The van der Waals surface area contributed by atoms with Gasteiger partial charge in [0.1, 0.15) is 9.88 Å². The lowest BCUT2D eigenvalue weighted by Gasteiger charge is -2.23. The Morgan fingerprint density at radius 3 is 2.78 bits per heavy atom. The number of hydrogen-bond acceptors (Lipinski definition) is 4. The lowest BCUT2D eigenvalue weighted by molar-refractivity contribution is 0.0741. The molecule has 2 heterocycles. The van der Waals surface area contributed by atoms with Crippen molar-refractivity contribution in [1.29, 1.82) is 0 Å². The number of amides is 1. The second-order valence-corrected chi connectivity index (χ2v) is 6.28. The fraction of sp³-hybridized carbons (Fsp3) is 0.375. The summed E-state index contributed by atoms with van der Waals surface area (Å²) in [7, 11) is 1.93. The van der Waals surface area contributed by atoms with E-state index in [1.807, 2.05) is 42.3 Å². The molecule has 1 aromatic carbocycles. The van der Waals surface area contributed by atoms with Crippen LogP contribution in [0.2, 0.25) is 0 Å². The predicted octanol–water partition coefficient (Wildman–Crippen LogP) is 3.48. The van der Waals surface area contributed by atoms with Gasteiger partial charge in [-0.3, -0.25) is 4.79 Å². The van der Waals surface area contributed by atoms with Crippen LogP contribution < -0.4 is 5.32 Å². The molecule has 0 saturated carbocycles. The predicted molar refractivity (Wildman–Crippen MR) is 100 cm³/mol. The first-order valence-electron chi connectivity index (χ1n) is 7.26. The monoisotopic (exact) mass is 373 g/mol. The average Bonchev–Trinajstić information content (AvgIpc) is 3.17. The molecule has 23 heavy (non-hydrogen) atoms. The van der Waals surface area contributed by atoms with Crippen LogP contribution in [0.5, 0.6) is 0 Å². The highest BCUT2D eigenvalue weighted by Crippen LogP contribution is 2.27. The second kappa shape index (κ2) is 9.23. The Morgan fingerprint density at radius 2 is 2.09 bits per heavy atom. The lowest BCUT2D eigenvalue weighted by atomic mass is 10.2. The zero-order valence-electron chi connectivity index (χ0n) is 12.9. The number of carbonyl (C=O) groups excluding carboxylic acids is 1. The molecule has 126 valence electrons. The molecule has 1 aliphatic heterocycles. The fourth-order valence-electron chi connectivity index (χ4n) is 2.78. The lowest BCUT2D eigenvalue weighted by Crippen LogP contribution is -2.40. The topological polar surface area (TPSA) is 45.2 Å². The van der Waals surface area contributed by atoms with Crippen molar-refractivity contribution in [1.82, 2.24) is 15.2 Å². The highest BCUT2D eigenvalue weighted by atomic mass is 35.5. The largest absolute Gasteiger partial charge is 0.334 e. The van der Waals surface area contributed by atoms with Crippen molar-refractivity contribution in [2.24, 2.45) is 0 Å². The van der Waals surface area contributed by atoms with E-state index in [2.05, 4.69) is 10.3 Å². The quantitative estimate of drug-likeness (QED) is 0.891. The summed E-state index contributed by atoms with van der Waals surface area (Å²) in [5.41, 5.74) is 1.06. The second-order valence-electron chi connectivity index (χ2n) is 5.25. The number of hydrogen-bond donors (Lipinski definition) is 1. The van der Waals surface area contributed by atoms with E-state index in [1.165, 1.54) is 11.3 Å². The molecule has 0 radical (unpaired) electrons. The molecule has 1 aliphatic rings. The third kappa shape index (κ3) is 4.44. The molecule has 0 aliphatic carbocycles. The Bertz CT molecular complexity index is 621. The van der Waals surface area contributed by atoms with Gasteiger partial charge in [0.25, 0.3) is 5.91 Å². The van der Waals surface area contributed by atoms with Crippen LogP contribution in [0.15, 0.2) is 36.5 Å². The molecular weight excluding hydrogens is 353 g/mol. The number of thiazole rings is 1. The van der Waals surface area contributed by atoms with Crippen molar-refractivity contribution in [2.45, 2.75) is 18.9 Å². The third-order valence-corrected chi connectivity index (χ3v) is 4.85. The van der Waals surface area contributed by atoms with Gasteiger partial charge < -0.3 is 10.2 Å². The average molecular weight is 374 g/mol. The number of nitrogens with one attached hydrogen (secondary N) is 1. The summed E-state index contributed by atoms with van der Waals surface area (Å²) in [4.78, 5) is 19.8. The summed E-state index contributed by atoms with van der Waals surface area (Å²) >= 11 is 1.48. The number of carbonyl (C=O) groups is 1. The molecule has 1 fully saturated rings. The van der Waals surface area contributed by atoms with Crippen LogP contribution in [-0.4, -0.2) is 42.0 Å². The first-order chi connectivity index (χ1) is 10.3. The van der Waals surface area contributed by atoms with Gasteiger partial charge in [-0.05, 0) is 19.9 Å². The molecule has 1 N–H and O–H groups in total. The molecule has 0 spiro atoms. The minimum atomic E-state index is 0. The van der Waals surface area contributed by atoms with Crippen LogP contribution in [0.25, 0.3) is 10.6 Å². The van der Waals surface area contributed by atoms with Gasteiger partial charge in [0.15, 0.2) is 0 Å². The van der Waals surface area contributed by atoms with Crippen molar-refractivity contribution >= 4 is 42.1 Å². The van der Waals surface area contributed by atoms with Gasteiger partial charge in [0, 0.05) is 24.7 Å². The Labute approximate surface area is 153 Å². The highest BCUT2D eigenvalue weighted by Gasteiger charge is 2.29. The number of likely N-dealkylation sites (tertiary alicyclic amines) is 1. The first kappa shape index (κ1) is 19.9. The molecule has 1 amide bonds. The standard InChI is InChI=1S/C16H19N3OS.2ClH/c1-17-10-13-8-5-9-19(13)16(20)14-11-18-15(21-14)12-6-3-2-4-7-12;;/h2-4,6-7,11,13,17H,5,8-10H2,1H3;2*1H. The van der Waals surface area contributed by atoms with Crippen molar-refractivity contribution in [3.8, 4) is 10.6 Å². The van der Waals surface area contributed by atoms with Gasteiger partial charge in [-0.1, -0.05) is 30.3 Å². The van der Waals surface area contributed by atoms with Crippen LogP contribution >= 0.6 is 36.2 Å². The Kier molecular flexibility index (Phi) is 7.99. The maximum atomic E-state index is 12.6. The number of benzene rings is 1. The summed E-state index contributed by atoms with van der Waals surface area (Å²) in [6.07, 6.45) is 3.88. The Hall–Kier alpha value is -1.14. The van der Waals surface area contributed by atoms with E-state index in [0.29, 0.717) is 6.04 Å². The summed E-state index contributed by atoms with van der Waals surface area (Å²) in [6.45, 7) is 1.71. The zero-order valence-corrected chi connectivity index (χ0v) is 15.3. The first-order valence-corrected chi connectivity index (χ1v) is 8.08. The van der Waals surface area contributed by atoms with Crippen LogP contribution in [0.1, 0.15) is 22.5 Å². The molecular formula is C16H21Cl2N3OS. The van der Waals surface area contributed by atoms with Crippen LogP contribution in [0.3, 0.4) is 0 Å². The van der Waals surface area contributed by atoms with E-state index in [1.54, 1.807) is 6.20 Å². The fourth-order valence-corrected chi connectivity index (χ4v) is 3.66. The van der Waals surface area contributed by atoms with Crippen LogP contribution in [0, 0.1) is 0 Å². The number of nitrogens with zero attached hydrogens (tertiary/aromatic N) is 2. The molecule has 2 aromatic rings. The molecule has 1 aromatic heterocycles. The van der Waals surface area contributed by atoms with Gasteiger partial charge in [-0.15, -0.1) is 36.2 Å². The minimum absolute atomic E-state index is 0. The van der Waals surface area contributed by atoms with E-state index in [9.17, 15) is 4.79 Å². The number of likely N-dealkylation sites (N-methyl/N-ethyl adjacent to an activating group) is 1. The molecule has 1 unspecified atom stereocenters. The molecule has 4 nitrogen and oxygen atoms in total. The third-order valence-electron chi connectivity index (χ3n) is 3.81. The summed E-state index contributed by atoms with van der Waals surface area (Å²) in [5, 5.41) is 4.08. The van der Waals surface area contributed by atoms with Crippen LogP contribution in [0.4, 0.5) is 0 Å². The van der Waals surface area contributed by atoms with Gasteiger partial charge >= 0.3 is 0 Å². The Balaban J connectivity index is 0.00000132. The van der Waals surface area contributed by atoms with Crippen molar-refractivity contribution in [3.05, 3.63) is 41.4 Å². The maximum absolute atomic E-state index is 12.6. The number of halogens is 2. The SMILES string of the molecule is CNCC1CCCN1C(=O)c1cnc(-c2ccccc2)s1.Cl.Cl. The van der Waals surface area contributed by atoms with E-state index in [4.69, 9.17) is 0 Å². The maximum Gasteiger partial charge on any atom is 0.265 e. The van der Waals surface area contributed by atoms with Gasteiger partial charge in [0.2, 0.25) is 0 Å². The zero-order chi connectivity index (χ0) is 14.7.